The van der Waals surface area contributed by atoms with Crippen molar-refractivity contribution in [3.63, 3.8) is 0 Å². The van der Waals surface area contributed by atoms with Gasteiger partial charge in [-0.2, -0.15) is 4.31 Å². The lowest BCUT2D eigenvalue weighted by Crippen LogP contribution is -2.51. The van der Waals surface area contributed by atoms with Crippen molar-refractivity contribution in [3.8, 4) is 5.75 Å². The lowest BCUT2D eigenvalue weighted by Gasteiger charge is -2.34. The van der Waals surface area contributed by atoms with Gasteiger partial charge in [0.15, 0.2) is 6.61 Å². The smallest absolute Gasteiger partial charge is 0.260 e. The first kappa shape index (κ1) is 20.3. The minimum absolute atomic E-state index is 0.0661. The summed E-state index contributed by atoms with van der Waals surface area (Å²) in [5.74, 6) is 0.476. The van der Waals surface area contributed by atoms with Crippen molar-refractivity contribution < 1.29 is 17.9 Å². The van der Waals surface area contributed by atoms with E-state index in [0.29, 0.717) is 24.4 Å². The molecule has 7 nitrogen and oxygen atoms in total. The SMILES string of the molecule is Cc1cnc2c(S(=O)(=O)N3CCN(C(=O)COc4ccccc4)CC3)cccc2c1. The summed E-state index contributed by atoms with van der Waals surface area (Å²) in [6.07, 6.45) is 1.67. The Morgan fingerprint density at radius 2 is 1.77 bits per heavy atom. The molecule has 0 spiro atoms. The van der Waals surface area contributed by atoms with E-state index in [1.165, 1.54) is 4.31 Å². The molecule has 1 saturated heterocycles. The number of sulfonamides is 1. The number of carbonyl (C=O) groups is 1. The summed E-state index contributed by atoms with van der Waals surface area (Å²) in [5, 5.41) is 0.794. The molecule has 156 valence electrons. The zero-order valence-electron chi connectivity index (χ0n) is 16.7. The molecule has 0 aliphatic carbocycles. The lowest BCUT2D eigenvalue weighted by atomic mass is 10.2. The van der Waals surface area contributed by atoms with E-state index in [0.717, 1.165) is 10.9 Å². The number of para-hydroxylation sites is 2. The van der Waals surface area contributed by atoms with Crippen molar-refractivity contribution in [2.24, 2.45) is 0 Å². The summed E-state index contributed by atoms with van der Waals surface area (Å²) < 4.78 is 33.4. The predicted octanol–water partition coefficient (Wildman–Crippen LogP) is 2.46. The van der Waals surface area contributed by atoms with E-state index in [1.54, 1.807) is 35.4 Å². The zero-order chi connectivity index (χ0) is 21.1. The number of aryl methyl sites for hydroxylation is 1. The number of ether oxygens (including phenoxy) is 1. The van der Waals surface area contributed by atoms with Gasteiger partial charge in [0, 0.05) is 37.8 Å². The van der Waals surface area contributed by atoms with Gasteiger partial charge in [-0.15, -0.1) is 0 Å². The van der Waals surface area contributed by atoms with Crippen LogP contribution in [0.5, 0.6) is 5.75 Å². The molecular formula is C22H23N3O4S. The molecule has 1 aliphatic heterocycles. The Kier molecular flexibility index (Phi) is 5.69. The van der Waals surface area contributed by atoms with E-state index in [4.69, 9.17) is 4.74 Å². The summed E-state index contributed by atoms with van der Waals surface area (Å²) in [4.78, 5) is 18.6. The second-order valence-corrected chi connectivity index (χ2v) is 9.13. The van der Waals surface area contributed by atoms with E-state index in [9.17, 15) is 13.2 Å². The number of carbonyl (C=O) groups excluding carboxylic acids is 1. The van der Waals surface area contributed by atoms with Gasteiger partial charge in [0.25, 0.3) is 5.91 Å². The highest BCUT2D eigenvalue weighted by molar-refractivity contribution is 7.89. The molecule has 30 heavy (non-hydrogen) atoms. The van der Waals surface area contributed by atoms with Gasteiger partial charge < -0.3 is 9.64 Å². The molecule has 1 fully saturated rings. The van der Waals surface area contributed by atoms with Crippen LogP contribution in [0.15, 0.2) is 65.7 Å². The second-order valence-electron chi connectivity index (χ2n) is 7.23. The van der Waals surface area contributed by atoms with Crippen LogP contribution in [0.4, 0.5) is 0 Å². The summed E-state index contributed by atoms with van der Waals surface area (Å²) >= 11 is 0. The highest BCUT2D eigenvalue weighted by Gasteiger charge is 2.31. The van der Waals surface area contributed by atoms with Gasteiger partial charge in [0.05, 0.1) is 5.52 Å². The molecule has 0 N–H and O–H groups in total. The normalized spacial score (nSPS) is 15.3. The predicted molar refractivity (Wildman–Crippen MR) is 114 cm³/mol. The maximum absolute atomic E-state index is 13.2. The van der Waals surface area contributed by atoms with E-state index in [2.05, 4.69) is 4.98 Å². The first-order chi connectivity index (χ1) is 14.4. The van der Waals surface area contributed by atoms with Crippen molar-refractivity contribution in [1.82, 2.24) is 14.2 Å². The molecule has 3 aromatic rings. The largest absolute Gasteiger partial charge is 0.484 e. The molecule has 0 bridgehead atoms. The quantitative estimate of drug-likeness (QED) is 0.627. The van der Waals surface area contributed by atoms with Gasteiger partial charge in [-0.25, -0.2) is 8.42 Å². The maximum Gasteiger partial charge on any atom is 0.260 e. The second kappa shape index (κ2) is 8.41. The third kappa shape index (κ3) is 4.15. The first-order valence-electron chi connectivity index (χ1n) is 9.76. The van der Waals surface area contributed by atoms with Crippen molar-refractivity contribution in [2.45, 2.75) is 11.8 Å². The minimum Gasteiger partial charge on any atom is -0.484 e. The number of rotatable bonds is 5. The van der Waals surface area contributed by atoms with Crippen LogP contribution in [-0.2, 0) is 14.8 Å². The van der Waals surface area contributed by atoms with Crippen LogP contribution in [0.25, 0.3) is 10.9 Å². The number of nitrogens with zero attached hydrogens (tertiary/aromatic N) is 3. The van der Waals surface area contributed by atoms with Crippen LogP contribution in [0.1, 0.15) is 5.56 Å². The zero-order valence-corrected chi connectivity index (χ0v) is 17.5. The van der Waals surface area contributed by atoms with Crippen molar-refractivity contribution in [3.05, 3.63) is 66.4 Å². The Labute approximate surface area is 175 Å². The molecule has 0 atom stereocenters. The van der Waals surface area contributed by atoms with Gasteiger partial charge in [0.1, 0.15) is 10.6 Å². The molecule has 0 saturated carbocycles. The van der Waals surface area contributed by atoms with E-state index >= 15 is 0 Å². The number of aromatic nitrogens is 1. The van der Waals surface area contributed by atoms with Gasteiger partial charge in [-0.3, -0.25) is 9.78 Å². The average Bonchev–Trinajstić information content (AvgIpc) is 2.77. The van der Waals surface area contributed by atoms with E-state index in [1.807, 2.05) is 37.3 Å². The highest BCUT2D eigenvalue weighted by Crippen LogP contribution is 2.25. The molecule has 4 rings (SSSR count). The monoisotopic (exact) mass is 425 g/mol. The van der Waals surface area contributed by atoms with Crippen LogP contribution in [-0.4, -0.2) is 61.3 Å². The van der Waals surface area contributed by atoms with Gasteiger partial charge in [-0.05, 0) is 36.8 Å². The number of amides is 1. The number of hydrogen-bond donors (Lipinski definition) is 0. The Morgan fingerprint density at radius 1 is 1.03 bits per heavy atom. The fourth-order valence-corrected chi connectivity index (χ4v) is 5.11. The van der Waals surface area contributed by atoms with Crippen LogP contribution >= 0.6 is 0 Å². The molecular weight excluding hydrogens is 402 g/mol. The first-order valence-corrected chi connectivity index (χ1v) is 11.2. The summed E-state index contributed by atoms with van der Waals surface area (Å²) in [7, 11) is -3.70. The Balaban J connectivity index is 1.43. The topological polar surface area (TPSA) is 79.8 Å². The summed E-state index contributed by atoms with van der Waals surface area (Å²) in [6, 6.07) is 16.2. The van der Waals surface area contributed by atoms with Crippen LogP contribution < -0.4 is 4.74 Å². The molecule has 8 heteroatoms. The van der Waals surface area contributed by atoms with E-state index in [-0.39, 0.29) is 30.5 Å². The summed E-state index contributed by atoms with van der Waals surface area (Å²) in [6.45, 7) is 2.99. The molecule has 0 radical (unpaired) electrons. The van der Waals surface area contributed by atoms with Crippen molar-refractivity contribution >= 4 is 26.8 Å². The van der Waals surface area contributed by atoms with Crippen LogP contribution in [0.3, 0.4) is 0 Å². The van der Waals surface area contributed by atoms with Gasteiger partial charge in [-0.1, -0.05) is 30.3 Å². The fourth-order valence-electron chi connectivity index (χ4n) is 3.52. The number of benzene rings is 2. The highest BCUT2D eigenvalue weighted by atomic mass is 32.2. The summed E-state index contributed by atoms with van der Waals surface area (Å²) in [5.41, 5.74) is 1.44. The minimum atomic E-state index is -3.70. The van der Waals surface area contributed by atoms with Crippen molar-refractivity contribution in [2.75, 3.05) is 32.8 Å². The Hall–Kier alpha value is -2.97. The number of pyridine rings is 1. The standard InChI is InChI=1S/C22H23N3O4S/c1-17-14-18-6-5-9-20(22(18)23-15-17)30(27,28)25-12-10-24(11-13-25)21(26)16-29-19-7-3-2-4-8-19/h2-9,14-15H,10-13,16H2,1H3. The molecule has 1 amide bonds. The van der Waals surface area contributed by atoms with Gasteiger partial charge in [0.2, 0.25) is 10.0 Å². The lowest BCUT2D eigenvalue weighted by molar-refractivity contribution is -0.134. The molecule has 2 heterocycles. The number of piperazine rings is 1. The molecule has 1 aromatic heterocycles. The molecule has 2 aromatic carbocycles. The van der Waals surface area contributed by atoms with Crippen LogP contribution in [0.2, 0.25) is 0 Å². The number of fused-ring (bicyclic) bond motifs is 1. The maximum atomic E-state index is 13.2. The van der Waals surface area contributed by atoms with Crippen molar-refractivity contribution in [1.29, 1.82) is 0 Å². The Morgan fingerprint density at radius 3 is 2.50 bits per heavy atom. The Bertz CT molecular complexity index is 1160. The van der Waals surface area contributed by atoms with Crippen LogP contribution in [0, 0.1) is 6.92 Å². The van der Waals surface area contributed by atoms with E-state index < -0.39 is 10.0 Å². The molecule has 1 aliphatic rings. The average molecular weight is 426 g/mol. The molecule has 0 unspecified atom stereocenters. The van der Waals surface area contributed by atoms with Gasteiger partial charge >= 0.3 is 0 Å². The third-order valence-corrected chi connectivity index (χ3v) is 7.06. The number of hydrogen-bond acceptors (Lipinski definition) is 5. The third-order valence-electron chi connectivity index (χ3n) is 5.13. The fraction of sp³-hybridized carbons (Fsp3) is 0.273.